The molecule has 5 heterocycles. The number of benzene rings is 6. The SMILES string of the molecule is C.C.C.CO.Cc1ccc(N)c(C(=O)O)c1.Cc1ccc2nc(C)n(-c3ccc(OC4CCN(C(=O)C5CCCC5)CC4)cc3)c(=O)c2c1.Cl.Nc1ccc(OC2CCN(C(=O)C3CCCC3)CC2)cc1.O=C(C1CCCC1)N1CCC(Oc2ccc([N+](=O)[O-])cc2)CC1.O=C(Cl)C1CCCC1.O=[N+]([O-])c1ccc(OC2CCNCC2)cc1.[CH3-].[I][V]([I])[I]. The molecule has 0 bridgehead atoms. The molecule has 1 aromatic heterocycles. The van der Waals surface area contributed by atoms with Gasteiger partial charge in [-0.15, -0.1) is 12.4 Å². The molecule has 0 atom stereocenters. The number of anilines is 2. The number of halogens is 5. The van der Waals surface area contributed by atoms with Crippen molar-refractivity contribution in [3.63, 3.8) is 0 Å². The summed E-state index contributed by atoms with van der Waals surface area (Å²) in [6.45, 7) is 12.3. The van der Waals surface area contributed by atoms with Gasteiger partial charge in [-0.05, 0) is 207 Å². The van der Waals surface area contributed by atoms with E-state index in [4.69, 9.17) is 52.2 Å². The van der Waals surface area contributed by atoms with Gasteiger partial charge in [0.15, 0.2) is 0 Å². The van der Waals surface area contributed by atoms with Crippen LogP contribution in [0, 0.1) is 72.1 Å². The van der Waals surface area contributed by atoms with E-state index in [1.807, 2.05) is 102 Å². The number of aliphatic hydroxyl groups is 1. The molecule has 0 spiro atoms. The van der Waals surface area contributed by atoms with E-state index in [-0.39, 0.29) is 117 Å². The molecule has 4 saturated heterocycles. The maximum atomic E-state index is 13.1. The number of nitrogens with zero attached hydrogens (tertiary/aromatic N) is 7. The van der Waals surface area contributed by atoms with Crippen LogP contribution >= 0.6 is 83.9 Å². The van der Waals surface area contributed by atoms with Gasteiger partial charge < -0.3 is 68.1 Å². The molecule has 4 aliphatic carbocycles. The van der Waals surface area contributed by atoms with Crippen molar-refractivity contribution in [2.75, 3.05) is 70.9 Å². The quantitative estimate of drug-likeness (QED) is 0.0150. The zero-order valence-corrected chi connectivity index (χ0v) is 78.7. The number of aliphatic hydroxyl groups excluding tert-OH is 1. The summed E-state index contributed by atoms with van der Waals surface area (Å²) in [5.41, 5.74) is 15.8. The monoisotopic (exact) mass is 2120 g/mol. The van der Waals surface area contributed by atoms with Gasteiger partial charge in [-0.1, -0.05) is 96.9 Å². The molecule has 123 heavy (non-hydrogen) atoms. The van der Waals surface area contributed by atoms with Crippen molar-refractivity contribution in [3.8, 4) is 28.7 Å². The maximum absolute atomic E-state index is 13.1. The van der Waals surface area contributed by atoms with Gasteiger partial charge in [0.2, 0.25) is 23.0 Å². The Morgan fingerprint density at radius 2 is 0.797 bits per heavy atom. The average molecular weight is 2120 g/mol. The fourth-order valence-corrected chi connectivity index (χ4v) is 16.0. The topological polar surface area (TPSA) is 358 Å². The number of hydrogen-bond acceptors (Lipinski definition) is 19. The predicted octanol–water partition coefficient (Wildman–Crippen LogP) is 20.5. The molecular formula is C91H129Cl2I3N10O16V-. The Bertz CT molecular complexity index is 4400. The molecule has 6 aromatic carbocycles. The molecular weight excluding hydrogens is 1990 g/mol. The van der Waals surface area contributed by atoms with Crippen molar-refractivity contribution < 1.29 is 67.9 Å². The summed E-state index contributed by atoms with van der Waals surface area (Å²) in [5.74, 6) is 4.68. The number of nitrogens with two attached hydrogens (primary N) is 2. The first kappa shape index (κ1) is 110. The van der Waals surface area contributed by atoms with Crippen LogP contribution in [0.4, 0.5) is 22.7 Å². The number of fused-ring (bicyclic) bond motifs is 1. The Morgan fingerprint density at radius 1 is 0.488 bits per heavy atom. The number of amides is 3. The van der Waals surface area contributed by atoms with Crippen molar-refractivity contribution in [1.82, 2.24) is 29.6 Å². The summed E-state index contributed by atoms with van der Waals surface area (Å²) in [6.07, 6.45) is 25.7. The number of carbonyl (C=O) groups is 5. The van der Waals surface area contributed by atoms with Crippen molar-refractivity contribution in [3.05, 3.63) is 194 Å². The second-order valence-electron chi connectivity index (χ2n) is 30.7. The zero-order chi connectivity index (χ0) is 85.2. The predicted molar refractivity (Wildman–Crippen MR) is 516 cm³/mol. The van der Waals surface area contributed by atoms with Crippen molar-refractivity contribution in [2.24, 2.45) is 23.7 Å². The van der Waals surface area contributed by atoms with Crippen LogP contribution < -0.4 is 41.3 Å². The summed E-state index contributed by atoms with van der Waals surface area (Å²) < 4.78 is 25.4. The molecule has 8 fully saturated rings. The Balaban J connectivity index is 0.000000390. The van der Waals surface area contributed by atoms with Crippen LogP contribution in [-0.4, -0.2) is 157 Å². The number of nitrogen functional groups attached to an aromatic ring is 2. The minimum absolute atomic E-state index is 0. The van der Waals surface area contributed by atoms with E-state index in [1.54, 1.807) is 47.0 Å². The second kappa shape index (κ2) is 57.6. The molecule has 26 nitrogen and oxygen atoms in total. The standard InChI is InChI=1S/C27H31N3O3.C17H22N2O4.C17H24N2O2.C11H14N2O3.C8H9NO2.C6H9ClO.CH4O.3CH4.CH3.ClH.3HI.V/c1-18-7-12-25-24(17-18)27(32)30(19(2)28-25)21-8-10-22(11-9-21)33-23-13-15-29(16-14-23)26(31)20-5-3-4-6-20;20-17(13-3-1-2-4-13)18-11-9-16(10-12-18)23-15-7-5-14(6-8-15)19(21)22;18-14-5-7-15(8-6-14)21-16-9-11-19(12-10-16)17(20)13-3-1-2-4-13;14-13(15)9-1-3-10(4-2-9)16-11-5-7-12-8-6-11;1-5-2-3-7(9)6(4-5)8(10)11;7-6(8)5-3-1-2-4-5;1-2;;;;;;;;;/h7-12,17,20,23H,3-6,13-16H2,1-2H3;5-8,13,16H,1-4,9-12H2;5-8,13,16H,1-4,9-12,18H2;1-4,11-12H,5-8H2;2-4H,9H2,1H3,(H,10,11);5H,1-4H2;2H,1H3;3*1H4;1H3;4*1H;/q;;;;;;;;;;-1;;;;;+3/p-3. The number of nitro groups is 2. The van der Waals surface area contributed by atoms with Gasteiger partial charge in [-0.3, -0.25) is 48.8 Å². The molecule has 0 radical (unpaired) electrons. The second-order valence-corrected chi connectivity index (χ2v) is 66.4. The molecule has 680 valence electrons. The number of piperidine rings is 4. The number of aromatic nitrogens is 2. The first-order valence-corrected chi connectivity index (χ1v) is 54.8. The summed E-state index contributed by atoms with van der Waals surface area (Å²) >= 11 is 12.6. The van der Waals surface area contributed by atoms with E-state index in [0.717, 1.165) is 202 Å². The third-order valence-electron chi connectivity index (χ3n) is 22.2. The number of hydrogen-bond donors (Lipinski definition) is 5. The molecule has 15 rings (SSSR count). The number of carboxylic acids is 1. The number of likely N-dealkylation sites (tertiary alicyclic amines) is 3. The summed E-state index contributed by atoms with van der Waals surface area (Å²) in [7, 11) is 1.00. The molecule has 7 aromatic rings. The Labute approximate surface area is 775 Å². The third kappa shape index (κ3) is 36.3. The fraction of sp³-hybridized carbons (Fsp3) is 0.516. The van der Waals surface area contributed by atoms with E-state index in [2.05, 4.69) is 70.2 Å². The van der Waals surface area contributed by atoms with Crippen molar-refractivity contribution in [2.45, 2.75) is 222 Å². The zero-order valence-electron chi connectivity index (χ0n) is 69.2. The van der Waals surface area contributed by atoms with Crippen LogP contribution in [-0.2, 0) is 24.1 Å². The molecule has 4 saturated carbocycles. The van der Waals surface area contributed by atoms with Crippen LogP contribution in [0.3, 0.4) is 0 Å². The van der Waals surface area contributed by atoms with Crippen LogP contribution in [0.2, 0.25) is 0 Å². The number of ether oxygens (including phenoxy) is 4. The summed E-state index contributed by atoms with van der Waals surface area (Å²) in [6, 6.07) is 38.3. The number of carbonyl (C=O) groups excluding carboxylic acids is 4. The van der Waals surface area contributed by atoms with Crippen LogP contribution in [0.25, 0.3) is 16.6 Å². The van der Waals surface area contributed by atoms with E-state index < -0.39 is 15.8 Å². The molecule has 0 unspecified atom stereocenters. The summed E-state index contributed by atoms with van der Waals surface area (Å²) in [5, 5.41) is 40.5. The third-order valence-corrected chi connectivity index (χ3v) is 22.6. The first-order chi connectivity index (χ1) is 56.7. The van der Waals surface area contributed by atoms with Gasteiger partial charge in [-0.25, -0.2) is 9.78 Å². The fourth-order valence-electron chi connectivity index (χ4n) is 15.8. The van der Waals surface area contributed by atoms with Gasteiger partial charge in [0.1, 0.15) is 53.2 Å². The number of nitrogens with one attached hydrogen (secondary N) is 1. The van der Waals surface area contributed by atoms with Gasteiger partial charge in [-0.2, -0.15) is 0 Å². The van der Waals surface area contributed by atoms with Crippen LogP contribution in [0.5, 0.6) is 23.0 Å². The Morgan fingerprint density at radius 3 is 1.11 bits per heavy atom. The number of aryl methyl sites for hydroxylation is 3. The van der Waals surface area contributed by atoms with E-state index in [9.17, 15) is 49.0 Å². The van der Waals surface area contributed by atoms with E-state index in [0.29, 0.717) is 52.0 Å². The molecule has 8 aliphatic rings. The molecule has 7 N–H and O–H groups in total. The van der Waals surface area contributed by atoms with E-state index in [1.165, 1.54) is 75.6 Å². The number of nitro benzene ring substituents is 2. The summed E-state index contributed by atoms with van der Waals surface area (Å²) in [4.78, 5) is 102. The molecule has 4 aliphatic heterocycles. The number of non-ortho nitro benzene ring substituents is 2. The van der Waals surface area contributed by atoms with Crippen LogP contribution in [0.1, 0.15) is 204 Å². The molecule has 32 heteroatoms. The number of rotatable bonds is 16. The number of aromatic carboxylic acids is 1. The van der Waals surface area contributed by atoms with Gasteiger partial charge in [0.05, 0.1) is 32.0 Å². The van der Waals surface area contributed by atoms with Crippen molar-refractivity contribution >= 4 is 147 Å². The Hall–Kier alpha value is -7.12. The normalized spacial score (nSPS) is 16.7. The Kier molecular flexibility index (Phi) is 51.5. The van der Waals surface area contributed by atoms with Gasteiger partial charge in [0.25, 0.3) is 16.9 Å². The van der Waals surface area contributed by atoms with E-state index >= 15 is 0 Å². The minimum atomic E-state index is -0.980. The number of carboxylic acid groups (broad SMARTS) is 1. The van der Waals surface area contributed by atoms with Gasteiger partial charge in [0, 0.05) is 144 Å². The molecule has 3 amide bonds. The van der Waals surface area contributed by atoms with Crippen molar-refractivity contribution in [1.29, 1.82) is 0 Å². The average Bonchev–Trinajstić information content (AvgIpc) is 1.08. The van der Waals surface area contributed by atoms with Crippen LogP contribution in [0.15, 0.2) is 138 Å². The first-order valence-electron chi connectivity index (χ1n) is 40.9. The van der Waals surface area contributed by atoms with Gasteiger partial charge >= 0.3 is 70.8 Å².